The van der Waals surface area contributed by atoms with Crippen molar-refractivity contribution < 1.29 is 4.79 Å². The third-order valence-electron chi connectivity index (χ3n) is 3.64. The summed E-state index contributed by atoms with van der Waals surface area (Å²) >= 11 is 6.10. The number of nitrogens with one attached hydrogen (secondary N) is 2. The molecule has 3 rings (SSSR count). The topological polar surface area (TPSA) is 66.9 Å². The molecule has 0 radical (unpaired) electrons. The van der Waals surface area contributed by atoms with E-state index in [4.69, 9.17) is 11.6 Å². The predicted octanol–water partition coefficient (Wildman–Crippen LogP) is 4.11. The maximum Gasteiger partial charge on any atom is 0.254 e. The van der Waals surface area contributed by atoms with Crippen LogP contribution in [0.25, 0.3) is 0 Å². The maximum absolute atomic E-state index is 12.1. The van der Waals surface area contributed by atoms with Crippen molar-refractivity contribution in [1.29, 1.82) is 0 Å². The van der Waals surface area contributed by atoms with E-state index in [0.29, 0.717) is 23.1 Å². The fraction of sp³-hybridized carbons (Fsp3) is 0.105. The molecule has 1 heterocycles. The molecule has 0 spiro atoms. The van der Waals surface area contributed by atoms with Gasteiger partial charge in [-0.25, -0.2) is 9.97 Å². The molecule has 5 nitrogen and oxygen atoms in total. The maximum atomic E-state index is 12.1. The molecule has 3 aromatic rings. The van der Waals surface area contributed by atoms with E-state index in [1.54, 1.807) is 6.07 Å². The molecule has 0 aliphatic heterocycles. The van der Waals surface area contributed by atoms with E-state index in [1.807, 2.05) is 49.4 Å². The highest BCUT2D eigenvalue weighted by molar-refractivity contribution is 6.31. The van der Waals surface area contributed by atoms with Crippen LogP contribution in [-0.4, -0.2) is 15.9 Å². The highest BCUT2D eigenvalue weighted by Gasteiger charge is 2.07. The molecule has 0 unspecified atom stereocenters. The van der Waals surface area contributed by atoms with Gasteiger partial charge in [-0.2, -0.15) is 0 Å². The fourth-order valence-electron chi connectivity index (χ4n) is 2.19. The lowest BCUT2D eigenvalue weighted by Gasteiger charge is -2.08. The summed E-state index contributed by atoms with van der Waals surface area (Å²) in [5, 5.41) is 6.57. The molecule has 126 valence electrons. The van der Waals surface area contributed by atoms with Crippen LogP contribution in [0.2, 0.25) is 5.02 Å². The number of aromatic nitrogens is 2. The summed E-state index contributed by atoms with van der Waals surface area (Å²) < 4.78 is 0. The minimum Gasteiger partial charge on any atom is -0.348 e. The van der Waals surface area contributed by atoms with Gasteiger partial charge in [-0.3, -0.25) is 4.79 Å². The van der Waals surface area contributed by atoms with Gasteiger partial charge in [-0.15, -0.1) is 0 Å². The second kappa shape index (κ2) is 7.77. The molecule has 6 heteroatoms. The third kappa shape index (κ3) is 4.55. The zero-order valence-corrected chi connectivity index (χ0v) is 14.4. The normalized spacial score (nSPS) is 10.3. The predicted molar refractivity (Wildman–Crippen MR) is 99.1 cm³/mol. The van der Waals surface area contributed by atoms with Crippen LogP contribution in [0.15, 0.2) is 60.9 Å². The van der Waals surface area contributed by atoms with Crippen LogP contribution in [0.3, 0.4) is 0 Å². The first-order chi connectivity index (χ1) is 12.1. The summed E-state index contributed by atoms with van der Waals surface area (Å²) in [7, 11) is 0. The van der Waals surface area contributed by atoms with Crippen molar-refractivity contribution in [3.05, 3.63) is 82.6 Å². The number of carbonyl (C=O) groups is 1. The van der Waals surface area contributed by atoms with Gasteiger partial charge in [0.15, 0.2) is 0 Å². The van der Waals surface area contributed by atoms with Crippen molar-refractivity contribution in [2.75, 3.05) is 5.32 Å². The molecule has 2 aromatic carbocycles. The molecule has 2 N–H and O–H groups in total. The molecule has 0 atom stereocenters. The first-order valence-electron chi connectivity index (χ1n) is 7.79. The summed E-state index contributed by atoms with van der Waals surface area (Å²) in [6.45, 7) is 2.40. The second-order valence-electron chi connectivity index (χ2n) is 5.55. The fourth-order valence-corrected chi connectivity index (χ4v) is 2.37. The van der Waals surface area contributed by atoms with E-state index in [9.17, 15) is 4.79 Å². The number of benzene rings is 2. The minimum absolute atomic E-state index is 0.214. The molecule has 0 fully saturated rings. The van der Waals surface area contributed by atoms with Crippen LogP contribution in [0.5, 0.6) is 0 Å². The van der Waals surface area contributed by atoms with Crippen LogP contribution in [0.1, 0.15) is 21.5 Å². The van der Waals surface area contributed by atoms with Gasteiger partial charge in [0, 0.05) is 29.6 Å². The molecule has 1 aromatic heterocycles. The van der Waals surface area contributed by atoms with Gasteiger partial charge in [0.05, 0.1) is 5.56 Å². The monoisotopic (exact) mass is 352 g/mol. The van der Waals surface area contributed by atoms with Crippen LogP contribution in [0, 0.1) is 6.92 Å². The Hall–Kier alpha value is -2.92. The smallest absolute Gasteiger partial charge is 0.254 e. The first kappa shape index (κ1) is 16.9. The van der Waals surface area contributed by atoms with Crippen molar-refractivity contribution in [2.24, 2.45) is 0 Å². The SMILES string of the molecule is Cc1ccc(Nc2ncc(C(=O)NCc3ccccc3)cn2)cc1Cl. The van der Waals surface area contributed by atoms with Crippen LogP contribution >= 0.6 is 11.6 Å². The van der Waals surface area contributed by atoms with Gasteiger partial charge in [-0.1, -0.05) is 48.0 Å². The Kier molecular flexibility index (Phi) is 5.26. The molecule has 25 heavy (non-hydrogen) atoms. The lowest BCUT2D eigenvalue weighted by Crippen LogP contribution is -2.23. The number of nitrogens with zero attached hydrogens (tertiary/aromatic N) is 2. The largest absolute Gasteiger partial charge is 0.348 e. The van der Waals surface area contributed by atoms with Crippen molar-refractivity contribution >= 4 is 29.1 Å². The standard InChI is InChI=1S/C19H17ClN4O/c1-13-7-8-16(9-17(13)20)24-19-22-11-15(12-23-19)18(25)21-10-14-5-3-2-4-6-14/h2-9,11-12H,10H2,1H3,(H,21,25)(H,22,23,24). The minimum atomic E-state index is -0.214. The Morgan fingerprint density at radius 3 is 2.48 bits per heavy atom. The number of hydrogen-bond acceptors (Lipinski definition) is 4. The van der Waals surface area contributed by atoms with Crippen LogP contribution in [0.4, 0.5) is 11.6 Å². The zero-order valence-electron chi connectivity index (χ0n) is 13.7. The number of anilines is 2. The number of hydrogen-bond donors (Lipinski definition) is 2. The molecular weight excluding hydrogens is 336 g/mol. The second-order valence-corrected chi connectivity index (χ2v) is 5.96. The zero-order chi connectivity index (χ0) is 17.6. The van der Waals surface area contributed by atoms with Crippen LogP contribution in [-0.2, 0) is 6.54 Å². The quantitative estimate of drug-likeness (QED) is 0.725. The first-order valence-corrected chi connectivity index (χ1v) is 8.17. The molecule has 0 saturated heterocycles. The van der Waals surface area contributed by atoms with E-state index < -0.39 is 0 Å². The lowest BCUT2D eigenvalue weighted by atomic mass is 10.2. The van der Waals surface area contributed by atoms with Gasteiger partial charge in [-0.05, 0) is 30.2 Å². The summed E-state index contributed by atoms with van der Waals surface area (Å²) in [6.07, 6.45) is 2.98. The van der Waals surface area contributed by atoms with Crippen molar-refractivity contribution in [2.45, 2.75) is 13.5 Å². The van der Waals surface area contributed by atoms with E-state index in [0.717, 1.165) is 16.8 Å². The van der Waals surface area contributed by atoms with Crippen molar-refractivity contribution in [3.8, 4) is 0 Å². The van der Waals surface area contributed by atoms with Gasteiger partial charge in [0.25, 0.3) is 5.91 Å². The van der Waals surface area contributed by atoms with Crippen molar-refractivity contribution in [3.63, 3.8) is 0 Å². The van der Waals surface area contributed by atoms with E-state index in [2.05, 4.69) is 20.6 Å². The molecule has 0 aliphatic carbocycles. The van der Waals surface area contributed by atoms with Crippen molar-refractivity contribution in [1.82, 2.24) is 15.3 Å². The summed E-state index contributed by atoms with van der Waals surface area (Å²) in [5.41, 5.74) is 3.23. The van der Waals surface area contributed by atoms with E-state index in [-0.39, 0.29) is 5.91 Å². The Balaban J connectivity index is 1.61. The molecule has 1 amide bonds. The van der Waals surface area contributed by atoms with Crippen LogP contribution < -0.4 is 10.6 Å². The molecular formula is C19H17ClN4O. The van der Waals surface area contributed by atoms with E-state index >= 15 is 0 Å². The lowest BCUT2D eigenvalue weighted by molar-refractivity contribution is 0.0950. The van der Waals surface area contributed by atoms with Gasteiger partial charge in [0.2, 0.25) is 5.95 Å². The van der Waals surface area contributed by atoms with Gasteiger partial charge >= 0.3 is 0 Å². The number of halogens is 1. The summed E-state index contributed by atoms with van der Waals surface area (Å²) in [5.74, 6) is 0.188. The number of amides is 1. The number of aryl methyl sites for hydroxylation is 1. The Morgan fingerprint density at radius 1 is 1.08 bits per heavy atom. The average molecular weight is 353 g/mol. The Labute approximate surface area is 151 Å². The highest BCUT2D eigenvalue weighted by atomic mass is 35.5. The molecule has 0 saturated carbocycles. The molecule has 0 bridgehead atoms. The number of carbonyl (C=O) groups excluding carboxylic acids is 1. The average Bonchev–Trinajstić information content (AvgIpc) is 2.64. The molecule has 0 aliphatic rings. The third-order valence-corrected chi connectivity index (χ3v) is 4.05. The summed E-state index contributed by atoms with van der Waals surface area (Å²) in [4.78, 5) is 20.5. The van der Waals surface area contributed by atoms with Gasteiger partial charge in [0.1, 0.15) is 0 Å². The van der Waals surface area contributed by atoms with Gasteiger partial charge < -0.3 is 10.6 Å². The van der Waals surface area contributed by atoms with E-state index in [1.165, 1.54) is 12.4 Å². The Bertz CT molecular complexity index is 866. The number of rotatable bonds is 5. The highest BCUT2D eigenvalue weighted by Crippen LogP contribution is 2.21. The summed E-state index contributed by atoms with van der Waals surface area (Å²) in [6, 6.07) is 15.3. The Morgan fingerprint density at radius 2 is 1.80 bits per heavy atom.